The number of carbonyl (C=O) groups excluding carboxylic acids is 2. The average molecular weight is 696 g/mol. The lowest BCUT2D eigenvalue weighted by Crippen LogP contribution is -2.22. The van der Waals surface area contributed by atoms with Crippen LogP contribution in [0, 0.1) is 0 Å². The smallest absolute Gasteiger partial charge is 0.465 e. The van der Waals surface area contributed by atoms with Gasteiger partial charge in [0, 0.05) is 12.5 Å². The molecule has 16 nitrogen and oxygen atoms in total. The Morgan fingerprint density at radius 1 is 0.863 bits per heavy atom. The second-order valence-corrected chi connectivity index (χ2v) is 11.0. The first kappa shape index (κ1) is 34.7. The third-order valence-corrected chi connectivity index (χ3v) is 7.61. The van der Waals surface area contributed by atoms with Crippen LogP contribution in [0.25, 0.3) is 33.5 Å². The summed E-state index contributed by atoms with van der Waals surface area (Å²) in [6.45, 7) is 3.75. The summed E-state index contributed by atoms with van der Waals surface area (Å²) in [5.41, 5.74) is 6.17. The SMILES string of the molecule is CCOc1nc2cccc(C(=O)OC(C)OC(=O)OCc3ccc(CON(O)O)cc3)c2n1Cc1ccc(-c2ccccc2-c2nn[nH]n2)cc1. The summed E-state index contributed by atoms with van der Waals surface area (Å²) < 4.78 is 23.5. The van der Waals surface area contributed by atoms with Crippen molar-refractivity contribution in [1.29, 1.82) is 0 Å². The van der Waals surface area contributed by atoms with Gasteiger partial charge in [0.05, 0.1) is 41.7 Å². The highest BCUT2D eigenvalue weighted by Crippen LogP contribution is 2.31. The van der Waals surface area contributed by atoms with Crippen molar-refractivity contribution < 1.29 is 43.8 Å². The van der Waals surface area contributed by atoms with Crippen LogP contribution < -0.4 is 4.74 Å². The molecule has 2 aromatic heterocycles. The number of H-pyrrole nitrogens is 1. The highest BCUT2D eigenvalue weighted by molar-refractivity contribution is 6.02. The normalized spacial score (nSPS) is 11.8. The fourth-order valence-electron chi connectivity index (χ4n) is 5.31. The Morgan fingerprint density at radius 2 is 1.57 bits per heavy atom. The van der Waals surface area contributed by atoms with Gasteiger partial charge in [-0.1, -0.05) is 78.9 Å². The average Bonchev–Trinajstić information content (AvgIpc) is 3.79. The molecule has 0 saturated heterocycles. The molecular formula is C35H33N7O9. The van der Waals surface area contributed by atoms with Gasteiger partial charge in [0.1, 0.15) is 6.61 Å². The molecular weight excluding hydrogens is 662 g/mol. The number of esters is 1. The van der Waals surface area contributed by atoms with E-state index in [2.05, 4.69) is 30.4 Å². The van der Waals surface area contributed by atoms with Crippen LogP contribution in [0.5, 0.6) is 6.01 Å². The molecule has 0 saturated carbocycles. The number of rotatable bonds is 14. The molecule has 51 heavy (non-hydrogen) atoms. The minimum Gasteiger partial charge on any atom is -0.465 e. The van der Waals surface area contributed by atoms with Crippen LogP contribution in [0.2, 0.25) is 0 Å². The van der Waals surface area contributed by atoms with E-state index in [9.17, 15) is 9.59 Å². The topological polar surface area (TPSA) is 196 Å². The van der Waals surface area contributed by atoms with Gasteiger partial charge in [-0.2, -0.15) is 10.2 Å². The molecule has 0 aliphatic carbocycles. The van der Waals surface area contributed by atoms with Gasteiger partial charge in [-0.25, -0.2) is 14.4 Å². The molecule has 1 atom stereocenters. The van der Waals surface area contributed by atoms with Gasteiger partial charge < -0.3 is 18.9 Å². The van der Waals surface area contributed by atoms with Crippen molar-refractivity contribution in [2.24, 2.45) is 0 Å². The molecule has 3 N–H and O–H groups in total. The van der Waals surface area contributed by atoms with E-state index >= 15 is 0 Å². The van der Waals surface area contributed by atoms with Gasteiger partial charge in [-0.05, 0) is 52.1 Å². The van der Waals surface area contributed by atoms with E-state index < -0.39 is 18.4 Å². The Morgan fingerprint density at radius 3 is 2.25 bits per heavy atom. The first-order valence-electron chi connectivity index (χ1n) is 15.8. The molecule has 0 aliphatic heterocycles. The van der Waals surface area contributed by atoms with Crippen molar-refractivity contribution >= 4 is 23.2 Å². The van der Waals surface area contributed by atoms with E-state index in [0.717, 1.165) is 22.3 Å². The quantitative estimate of drug-likeness (QED) is 0.0713. The molecule has 1 unspecified atom stereocenters. The van der Waals surface area contributed by atoms with Gasteiger partial charge >= 0.3 is 12.1 Å². The minimum atomic E-state index is -1.27. The second kappa shape index (κ2) is 16.0. The van der Waals surface area contributed by atoms with Gasteiger partial charge in [-0.15, -0.1) is 10.2 Å². The lowest BCUT2D eigenvalue weighted by atomic mass is 9.98. The number of hydrogen-bond donors (Lipinski definition) is 3. The molecule has 0 radical (unpaired) electrons. The molecule has 0 amide bonds. The second-order valence-electron chi connectivity index (χ2n) is 11.0. The van der Waals surface area contributed by atoms with Crippen molar-refractivity contribution in [3.63, 3.8) is 0 Å². The summed E-state index contributed by atoms with van der Waals surface area (Å²) in [7, 11) is 0. The number of ether oxygens (including phenoxy) is 4. The number of benzene rings is 4. The molecule has 0 bridgehead atoms. The fraction of sp³-hybridized carbons (Fsp3) is 0.200. The van der Waals surface area contributed by atoms with Crippen LogP contribution in [0.15, 0.2) is 91.0 Å². The van der Waals surface area contributed by atoms with E-state index in [1.54, 1.807) is 47.0 Å². The Bertz CT molecular complexity index is 2080. The fourth-order valence-corrected chi connectivity index (χ4v) is 5.31. The number of carbonyl (C=O) groups is 2. The number of aromatic amines is 1. The van der Waals surface area contributed by atoms with E-state index in [-0.39, 0.29) is 24.2 Å². The number of nitrogens with zero attached hydrogens (tertiary/aromatic N) is 6. The number of fused-ring (bicyclic) bond motifs is 1. The lowest BCUT2D eigenvalue weighted by Gasteiger charge is -2.15. The Balaban J connectivity index is 1.14. The molecule has 4 aromatic carbocycles. The van der Waals surface area contributed by atoms with E-state index in [1.165, 1.54) is 6.92 Å². The standard InChI is InChI=1S/C35H33N7O9/c1-3-47-34-36-30-10-6-9-29(33(43)50-22(2)51-35(44)48-20-24-11-13-25(14-12-24)21-49-42(45)46)31(30)41(34)19-23-15-17-26(18-16-23)27-7-4-5-8-28(27)32-37-39-40-38-32/h4-18,22,45-46H,3,19-21H2,1-2H3,(H,37,38,39,40). The number of nitrogens with one attached hydrogen (secondary N) is 1. The number of tetrazole rings is 1. The molecule has 262 valence electrons. The minimum absolute atomic E-state index is 0.0759. The van der Waals surface area contributed by atoms with Crippen LogP contribution in [-0.2, 0) is 38.8 Å². The third kappa shape index (κ3) is 8.52. The van der Waals surface area contributed by atoms with E-state index in [4.69, 9.17) is 29.4 Å². The molecule has 6 aromatic rings. The summed E-state index contributed by atoms with van der Waals surface area (Å²) in [6, 6.07) is 27.8. The number of aromatic nitrogens is 6. The van der Waals surface area contributed by atoms with Crippen molar-refractivity contribution in [3.8, 4) is 28.5 Å². The van der Waals surface area contributed by atoms with Gasteiger partial charge in [0.25, 0.3) is 6.01 Å². The van der Waals surface area contributed by atoms with Crippen molar-refractivity contribution in [2.75, 3.05) is 6.61 Å². The summed E-state index contributed by atoms with van der Waals surface area (Å²) in [5.74, 6) is -0.243. The largest absolute Gasteiger partial charge is 0.511 e. The predicted octanol–water partition coefficient (Wildman–Crippen LogP) is 5.70. The summed E-state index contributed by atoms with van der Waals surface area (Å²) in [5, 5.41) is 31.4. The summed E-state index contributed by atoms with van der Waals surface area (Å²) >= 11 is 0. The lowest BCUT2D eigenvalue weighted by molar-refractivity contribution is -0.497. The first-order chi connectivity index (χ1) is 24.8. The highest BCUT2D eigenvalue weighted by atomic mass is 17.1. The predicted molar refractivity (Wildman–Crippen MR) is 178 cm³/mol. The number of para-hydroxylation sites is 1. The Kier molecular flexibility index (Phi) is 10.9. The zero-order valence-corrected chi connectivity index (χ0v) is 27.5. The van der Waals surface area contributed by atoms with Crippen LogP contribution >= 0.6 is 0 Å². The molecule has 2 heterocycles. The molecule has 0 spiro atoms. The van der Waals surface area contributed by atoms with Crippen LogP contribution in [0.1, 0.15) is 40.9 Å². The zero-order valence-electron chi connectivity index (χ0n) is 27.5. The Labute approximate surface area is 290 Å². The van der Waals surface area contributed by atoms with E-state index in [0.29, 0.717) is 47.1 Å². The highest BCUT2D eigenvalue weighted by Gasteiger charge is 2.23. The maximum Gasteiger partial charge on any atom is 0.511 e. The van der Waals surface area contributed by atoms with Crippen LogP contribution in [0.4, 0.5) is 4.79 Å². The number of imidazole rings is 1. The van der Waals surface area contributed by atoms with Gasteiger partial charge in [0.15, 0.2) is 0 Å². The monoisotopic (exact) mass is 695 g/mol. The third-order valence-electron chi connectivity index (χ3n) is 7.61. The van der Waals surface area contributed by atoms with Gasteiger partial charge in [0.2, 0.25) is 12.1 Å². The van der Waals surface area contributed by atoms with E-state index in [1.807, 2.05) is 55.5 Å². The molecule has 0 fully saturated rings. The van der Waals surface area contributed by atoms with Crippen molar-refractivity contribution in [1.82, 2.24) is 35.6 Å². The van der Waals surface area contributed by atoms with Crippen molar-refractivity contribution in [3.05, 3.63) is 113 Å². The summed E-state index contributed by atoms with van der Waals surface area (Å²) in [6.07, 6.45) is -2.31. The maximum absolute atomic E-state index is 13.5. The molecule has 6 rings (SSSR count). The molecule has 16 heteroatoms. The van der Waals surface area contributed by atoms with Crippen LogP contribution in [-0.4, -0.2) is 71.0 Å². The Hall–Kier alpha value is -6.20. The zero-order chi connectivity index (χ0) is 35.7. The first-order valence-corrected chi connectivity index (χ1v) is 15.8. The van der Waals surface area contributed by atoms with Crippen LogP contribution in [0.3, 0.4) is 0 Å². The summed E-state index contributed by atoms with van der Waals surface area (Å²) in [4.78, 5) is 35.0. The molecule has 0 aliphatic rings. The van der Waals surface area contributed by atoms with Crippen molar-refractivity contribution in [2.45, 2.75) is 39.9 Å². The van der Waals surface area contributed by atoms with Gasteiger partial charge in [-0.3, -0.25) is 15.0 Å². The maximum atomic E-state index is 13.5. The number of hydrogen-bond acceptors (Lipinski definition) is 14.